The van der Waals surface area contributed by atoms with E-state index in [2.05, 4.69) is 129 Å². The molecule has 12 N–H and O–H groups in total. The van der Waals surface area contributed by atoms with Crippen LogP contribution in [-0.2, 0) is 33.2 Å². The van der Waals surface area contributed by atoms with Crippen molar-refractivity contribution >= 4 is 5.91 Å². The van der Waals surface area contributed by atoms with Crippen LogP contribution in [0.4, 0.5) is 0 Å². The number of unbranched alkanes of at least 4 members (excludes halogenated alkanes) is 34. The number of allylic oxidation sites excluding steroid dienone is 19. The van der Waals surface area contributed by atoms with Gasteiger partial charge in [-0.1, -0.05) is 328 Å². The maximum atomic E-state index is 13.5. The summed E-state index contributed by atoms with van der Waals surface area (Å²) in [5, 5.41) is 121. The second kappa shape index (κ2) is 68.6. The number of carbonyl (C=O) groups excluding carboxylic acids is 1. The summed E-state index contributed by atoms with van der Waals surface area (Å²) in [6.45, 7) is 1.62. The molecule has 0 aromatic heterocycles. The largest absolute Gasteiger partial charge is 0.394 e. The lowest BCUT2D eigenvalue weighted by Gasteiger charge is -2.48. The predicted octanol–water partition coefficient (Wildman–Crippen LogP) is 15.8. The van der Waals surface area contributed by atoms with Crippen LogP contribution in [0.3, 0.4) is 0 Å². The Bertz CT molecular complexity index is 2440. The highest BCUT2D eigenvalue weighted by Gasteiger charge is 2.54. The summed E-state index contributed by atoms with van der Waals surface area (Å²) in [6, 6.07) is -1.01. The molecule has 0 aliphatic carbocycles. The van der Waals surface area contributed by atoms with Crippen molar-refractivity contribution in [2.24, 2.45) is 0 Å². The maximum absolute atomic E-state index is 13.5. The van der Waals surface area contributed by atoms with Gasteiger partial charge in [0.05, 0.1) is 38.6 Å². The molecule has 19 heteroatoms. The molecule has 17 atom stereocenters. The third-order valence-corrected chi connectivity index (χ3v) is 20.7. The van der Waals surface area contributed by atoms with Gasteiger partial charge in [0.1, 0.15) is 73.2 Å². The van der Waals surface area contributed by atoms with Gasteiger partial charge in [-0.05, 0) is 96.3 Å². The molecule has 0 radical (unpaired) electrons. The van der Waals surface area contributed by atoms with E-state index in [0.29, 0.717) is 12.8 Å². The molecule has 109 heavy (non-hydrogen) atoms. The Hall–Kier alpha value is -3.81. The van der Waals surface area contributed by atoms with Crippen molar-refractivity contribution in [1.82, 2.24) is 5.32 Å². The Kier molecular flexibility index (Phi) is 62.5. The second-order valence-corrected chi connectivity index (χ2v) is 30.3. The lowest BCUT2D eigenvalue weighted by Crippen LogP contribution is -2.66. The van der Waals surface area contributed by atoms with E-state index >= 15 is 0 Å². The summed E-state index contributed by atoms with van der Waals surface area (Å²) < 4.78 is 34.5. The minimum Gasteiger partial charge on any atom is -0.394 e. The molecule has 0 aromatic rings. The molecule has 0 saturated carbocycles. The average Bonchev–Trinajstić information content (AvgIpc) is 0.782. The van der Waals surface area contributed by atoms with Crippen LogP contribution in [0.5, 0.6) is 0 Å². The van der Waals surface area contributed by atoms with Gasteiger partial charge in [-0.2, -0.15) is 0 Å². The monoisotopic (exact) mass is 1540 g/mol. The molecule has 0 aromatic carbocycles. The summed E-state index contributed by atoms with van der Waals surface area (Å²) in [5.41, 5.74) is 0. The molecule has 19 nitrogen and oxygen atoms in total. The van der Waals surface area contributed by atoms with Crippen LogP contribution in [0.1, 0.15) is 309 Å². The zero-order valence-electron chi connectivity index (χ0n) is 67.5. The molecule has 3 rings (SSSR count). The van der Waals surface area contributed by atoms with Crippen molar-refractivity contribution in [2.75, 3.05) is 26.4 Å². The van der Waals surface area contributed by atoms with Crippen molar-refractivity contribution < 1.29 is 89.4 Å². The Balaban J connectivity index is 1.37. The van der Waals surface area contributed by atoms with Crippen LogP contribution >= 0.6 is 0 Å². The van der Waals surface area contributed by atoms with E-state index < -0.39 is 124 Å². The van der Waals surface area contributed by atoms with Gasteiger partial charge >= 0.3 is 0 Å². The first-order valence-corrected chi connectivity index (χ1v) is 43.3. The van der Waals surface area contributed by atoms with Gasteiger partial charge < -0.3 is 89.9 Å². The Morgan fingerprint density at radius 3 is 1.03 bits per heavy atom. The lowest BCUT2D eigenvalue weighted by atomic mass is 9.96. The number of aliphatic hydroxyl groups excluding tert-OH is 11. The van der Waals surface area contributed by atoms with Gasteiger partial charge in [0.15, 0.2) is 18.9 Å². The summed E-state index contributed by atoms with van der Waals surface area (Å²) >= 11 is 0. The van der Waals surface area contributed by atoms with E-state index in [1.165, 1.54) is 161 Å². The van der Waals surface area contributed by atoms with Crippen LogP contribution in [0.15, 0.2) is 122 Å². The SMILES string of the molecule is CC/C=C\C/C=C\C/C=C\C/C=C\C/C=C\C/C=C\C/C=C\C/C=C\CCCCCCCCCCC(=O)NC(COC1OC(CO)C(OC2OC(CO)C(OC3OC(CO)C(O)C(O)C3O)C(O)C2O)C(O)C1O)C(O)/C=C/CC/C=C/CCCCCCCCCCCCCCCCCCCCCCCCCCC. The zero-order chi connectivity index (χ0) is 78.8. The van der Waals surface area contributed by atoms with Gasteiger partial charge in [-0.25, -0.2) is 0 Å². The number of amides is 1. The lowest BCUT2D eigenvalue weighted by molar-refractivity contribution is -0.379. The van der Waals surface area contributed by atoms with E-state index in [0.717, 1.165) is 116 Å². The highest BCUT2D eigenvalue weighted by Crippen LogP contribution is 2.33. The summed E-state index contributed by atoms with van der Waals surface area (Å²) in [5.74, 6) is -0.296. The molecule has 3 aliphatic heterocycles. The zero-order valence-corrected chi connectivity index (χ0v) is 67.5. The Morgan fingerprint density at radius 1 is 0.339 bits per heavy atom. The first-order valence-electron chi connectivity index (χ1n) is 43.3. The number of nitrogens with one attached hydrogen (secondary N) is 1. The summed E-state index contributed by atoms with van der Waals surface area (Å²) in [7, 11) is 0. The Morgan fingerprint density at radius 2 is 0.642 bits per heavy atom. The normalized spacial score (nSPS) is 25.9. The van der Waals surface area contributed by atoms with Crippen molar-refractivity contribution in [1.29, 1.82) is 0 Å². The summed E-state index contributed by atoms with van der Waals surface area (Å²) in [4.78, 5) is 13.5. The van der Waals surface area contributed by atoms with Gasteiger partial charge in [0.2, 0.25) is 5.91 Å². The topological polar surface area (TPSA) is 307 Å². The molecule has 0 spiro atoms. The maximum Gasteiger partial charge on any atom is 0.220 e. The smallest absolute Gasteiger partial charge is 0.220 e. The van der Waals surface area contributed by atoms with Crippen LogP contribution in [0.25, 0.3) is 0 Å². The van der Waals surface area contributed by atoms with E-state index in [1.807, 2.05) is 6.08 Å². The van der Waals surface area contributed by atoms with E-state index in [4.69, 9.17) is 28.4 Å². The average molecular weight is 1540 g/mol. The van der Waals surface area contributed by atoms with Crippen molar-refractivity contribution in [3.8, 4) is 0 Å². The molecule has 3 saturated heterocycles. The van der Waals surface area contributed by atoms with Crippen LogP contribution < -0.4 is 5.32 Å². The highest BCUT2D eigenvalue weighted by atomic mass is 16.8. The molecule has 3 fully saturated rings. The number of hydrogen-bond donors (Lipinski definition) is 12. The fourth-order valence-corrected chi connectivity index (χ4v) is 13.9. The van der Waals surface area contributed by atoms with Crippen molar-refractivity contribution in [3.05, 3.63) is 122 Å². The Labute approximate surface area is 658 Å². The van der Waals surface area contributed by atoms with Crippen LogP contribution in [0, 0.1) is 0 Å². The molecular weight excluding hydrogens is 1380 g/mol. The quantitative estimate of drug-likeness (QED) is 0.0199. The highest BCUT2D eigenvalue weighted by molar-refractivity contribution is 5.76. The standard InChI is InChI=1S/C90H155NO18/c1-3-5-7-9-11-13-15-17-19-21-23-25-27-29-31-33-35-36-38-40-42-44-46-48-50-52-54-56-58-60-62-64-66-68-78(96)91-73(74(95)67-65-63-61-59-57-55-53-51-49-47-45-43-41-39-37-34-32-30-28-26-24-22-20-18-16-14-12-10-8-6-4-2)72-104-88-84(102)81(99)86(76(70-93)106-88)109-90-85(103)82(100)87(77(71-94)107-90)108-89-83(101)80(98)79(97)75(69-92)105-89/h5,7,11,13,17,19,23,25,29,31,35-36,40,42,46,48,57,59,65,67,73-77,79-90,92-95,97-103H,3-4,6,8-10,12,14-16,18,20-22,24,26-28,30,32-34,37-39,41,43-45,47,49-56,58,60-64,66,68-72H2,1-2H3,(H,91,96)/b7-5-,13-11-,19-17-,25-23-,31-29-,36-35-,42-40-,48-46-,59-57+,67-65+. The molecule has 3 aliphatic rings. The van der Waals surface area contributed by atoms with E-state index in [9.17, 15) is 61.0 Å². The molecular formula is C90H155NO18. The van der Waals surface area contributed by atoms with Crippen LogP contribution in [0.2, 0.25) is 0 Å². The molecule has 1 amide bonds. The first kappa shape index (κ1) is 99.4. The number of hydrogen-bond acceptors (Lipinski definition) is 18. The molecule has 3 heterocycles. The van der Waals surface area contributed by atoms with E-state index in [-0.39, 0.29) is 18.9 Å². The minimum absolute atomic E-state index is 0.218. The number of rotatable bonds is 68. The van der Waals surface area contributed by atoms with Gasteiger partial charge in [0.25, 0.3) is 0 Å². The number of carbonyl (C=O) groups is 1. The molecule has 17 unspecified atom stereocenters. The van der Waals surface area contributed by atoms with E-state index in [1.54, 1.807) is 6.08 Å². The number of ether oxygens (including phenoxy) is 6. The van der Waals surface area contributed by atoms with Gasteiger partial charge in [0, 0.05) is 6.42 Å². The van der Waals surface area contributed by atoms with Crippen molar-refractivity contribution in [3.63, 3.8) is 0 Å². The first-order chi connectivity index (χ1) is 53.3. The fraction of sp³-hybridized carbons (Fsp3) is 0.767. The minimum atomic E-state index is -1.99. The second-order valence-electron chi connectivity index (χ2n) is 30.3. The van der Waals surface area contributed by atoms with Gasteiger partial charge in [-0.15, -0.1) is 0 Å². The van der Waals surface area contributed by atoms with Crippen molar-refractivity contribution in [2.45, 2.75) is 413 Å². The third-order valence-electron chi connectivity index (χ3n) is 20.7. The fourth-order valence-electron chi connectivity index (χ4n) is 13.9. The van der Waals surface area contributed by atoms with Gasteiger partial charge in [-0.3, -0.25) is 4.79 Å². The molecule has 0 bridgehead atoms. The number of aliphatic hydroxyl groups is 11. The molecule has 628 valence electrons. The summed E-state index contributed by atoms with van der Waals surface area (Å²) in [6.07, 6.45) is 70.5. The predicted molar refractivity (Wildman–Crippen MR) is 438 cm³/mol. The third kappa shape index (κ3) is 47.6. The van der Waals surface area contributed by atoms with Crippen LogP contribution in [-0.4, -0.2) is 193 Å².